The number of carbonyl (C=O) groups excluding carboxylic acids is 1. The Morgan fingerprint density at radius 2 is 2.07 bits per heavy atom. The van der Waals surface area contributed by atoms with Crippen molar-refractivity contribution >= 4 is 23.4 Å². The molecule has 1 aromatic rings. The van der Waals surface area contributed by atoms with E-state index in [2.05, 4.69) is 5.32 Å². The molecule has 0 fully saturated rings. The van der Waals surface area contributed by atoms with Crippen molar-refractivity contribution < 1.29 is 4.79 Å². The molecule has 1 rings (SSSR count). The van der Waals surface area contributed by atoms with Gasteiger partial charge < -0.3 is 11.1 Å². The third kappa shape index (κ3) is 3.70. The van der Waals surface area contributed by atoms with E-state index in [0.29, 0.717) is 6.42 Å². The second-order valence-electron chi connectivity index (χ2n) is 2.84. The van der Waals surface area contributed by atoms with E-state index in [-0.39, 0.29) is 5.91 Å². The summed E-state index contributed by atoms with van der Waals surface area (Å²) in [5, 5.41) is 2.59. The van der Waals surface area contributed by atoms with Gasteiger partial charge in [0.15, 0.2) is 0 Å². The Labute approximate surface area is 88.1 Å². The smallest absolute Gasteiger partial charge is 0.220 e. The van der Waals surface area contributed by atoms with Crippen LogP contribution in [0.15, 0.2) is 29.2 Å². The standard InChI is InChI=1S/C10H14N2OS/c1-12-10(13)6-7-14-9-4-2-8(11)3-5-9/h2-5H,6-7,11H2,1H3,(H,12,13). The molecule has 0 radical (unpaired) electrons. The molecule has 0 heterocycles. The topological polar surface area (TPSA) is 55.1 Å². The minimum absolute atomic E-state index is 0.0768. The highest BCUT2D eigenvalue weighted by Crippen LogP contribution is 2.19. The molecular formula is C10H14N2OS. The summed E-state index contributed by atoms with van der Waals surface area (Å²) >= 11 is 1.66. The number of nitrogens with two attached hydrogens (primary N) is 1. The first-order valence-electron chi connectivity index (χ1n) is 4.41. The van der Waals surface area contributed by atoms with Crippen LogP contribution < -0.4 is 11.1 Å². The van der Waals surface area contributed by atoms with Crippen molar-refractivity contribution in [2.45, 2.75) is 11.3 Å². The first-order valence-corrected chi connectivity index (χ1v) is 5.40. The van der Waals surface area contributed by atoms with Gasteiger partial charge >= 0.3 is 0 Å². The molecule has 0 saturated carbocycles. The van der Waals surface area contributed by atoms with Crippen molar-refractivity contribution in [3.8, 4) is 0 Å². The lowest BCUT2D eigenvalue weighted by atomic mass is 10.3. The van der Waals surface area contributed by atoms with Gasteiger partial charge in [0.05, 0.1) is 0 Å². The van der Waals surface area contributed by atoms with Crippen molar-refractivity contribution in [2.24, 2.45) is 0 Å². The molecule has 0 spiro atoms. The van der Waals surface area contributed by atoms with Gasteiger partial charge in [-0.3, -0.25) is 4.79 Å². The van der Waals surface area contributed by atoms with Gasteiger partial charge in [-0.1, -0.05) is 0 Å². The van der Waals surface area contributed by atoms with Gasteiger partial charge in [-0.05, 0) is 24.3 Å². The Balaban J connectivity index is 2.31. The molecule has 0 saturated heterocycles. The molecule has 0 unspecified atom stereocenters. The minimum atomic E-state index is 0.0768. The summed E-state index contributed by atoms with van der Waals surface area (Å²) in [7, 11) is 1.65. The zero-order chi connectivity index (χ0) is 10.4. The van der Waals surface area contributed by atoms with Gasteiger partial charge in [0.25, 0.3) is 0 Å². The molecule has 3 nitrogen and oxygen atoms in total. The molecule has 0 aliphatic heterocycles. The van der Waals surface area contributed by atoms with Crippen LogP contribution in [0.5, 0.6) is 0 Å². The summed E-state index contributed by atoms with van der Waals surface area (Å²) in [5.74, 6) is 0.872. The van der Waals surface area contributed by atoms with Crippen molar-refractivity contribution in [1.82, 2.24) is 5.32 Å². The third-order valence-corrected chi connectivity index (χ3v) is 2.77. The maximum atomic E-state index is 10.9. The fourth-order valence-electron chi connectivity index (χ4n) is 0.951. The summed E-state index contributed by atoms with van der Waals surface area (Å²) in [4.78, 5) is 12.1. The van der Waals surface area contributed by atoms with Crippen LogP contribution in [0.25, 0.3) is 0 Å². The lowest BCUT2D eigenvalue weighted by Crippen LogP contribution is -2.17. The molecular weight excluding hydrogens is 196 g/mol. The van der Waals surface area contributed by atoms with Gasteiger partial charge in [-0.2, -0.15) is 0 Å². The molecule has 1 aromatic carbocycles. The number of hydrogen-bond acceptors (Lipinski definition) is 3. The number of rotatable bonds is 4. The lowest BCUT2D eigenvalue weighted by Gasteiger charge is -2.01. The average molecular weight is 210 g/mol. The predicted molar refractivity (Wildman–Crippen MR) is 60.3 cm³/mol. The van der Waals surface area contributed by atoms with Crippen LogP contribution in [0.1, 0.15) is 6.42 Å². The molecule has 1 amide bonds. The summed E-state index contributed by atoms with van der Waals surface area (Å²) in [6.45, 7) is 0. The lowest BCUT2D eigenvalue weighted by molar-refractivity contribution is -0.120. The van der Waals surface area contributed by atoms with Crippen molar-refractivity contribution in [2.75, 3.05) is 18.5 Å². The highest BCUT2D eigenvalue weighted by molar-refractivity contribution is 7.99. The highest BCUT2D eigenvalue weighted by Gasteiger charge is 1.98. The van der Waals surface area contributed by atoms with E-state index >= 15 is 0 Å². The second-order valence-corrected chi connectivity index (χ2v) is 4.01. The number of hydrogen-bond donors (Lipinski definition) is 2. The van der Waals surface area contributed by atoms with Gasteiger partial charge in [0.1, 0.15) is 0 Å². The molecule has 0 aliphatic rings. The predicted octanol–water partition coefficient (Wildman–Crippen LogP) is 1.50. The number of nitrogen functional groups attached to an aromatic ring is 1. The SMILES string of the molecule is CNC(=O)CCSc1ccc(N)cc1. The summed E-state index contributed by atoms with van der Waals surface area (Å²) < 4.78 is 0. The molecule has 4 heteroatoms. The van der Waals surface area contributed by atoms with Gasteiger partial charge in [-0.25, -0.2) is 0 Å². The molecule has 0 bridgehead atoms. The molecule has 0 atom stereocenters. The first-order chi connectivity index (χ1) is 6.72. The number of benzene rings is 1. The van der Waals surface area contributed by atoms with E-state index in [1.165, 1.54) is 0 Å². The van der Waals surface area contributed by atoms with Crippen molar-refractivity contribution in [3.05, 3.63) is 24.3 Å². The minimum Gasteiger partial charge on any atom is -0.399 e. The molecule has 76 valence electrons. The largest absolute Gasteiger partial charge is 0.399 e. The fraction of sp³-hybridized carbons (Fsp3) is 0.300. The van der Waals surface area contributed by atoms with Crippen LogP contribution in [0.4, 0.5) is 5.69 Å². The monoisotopic (exact) mass is 210 g/mol. The van der Waals surface area contributed by atoms with Crippen LogP contribution in [0, 0.1) is 0 Å². The number of amides is 1. The van der Waals surface area contributed by atoms with Crippen LogP contribution in [0.2, 0.25) is 0 Å². The first kappa shape index (κ1) is 10.9. The Bertz CT molecular complexity index is 297. The number of anilines is 1. The fourth-order valence-corrected chi connectivity index (χ4v) is 1.80. The maximum Gasteiger partial charge on any atom is 0.220 e. The van der Waals surface area contributed by atoms with Crippen LogP contribution in [-0.2, 0) is 4.79 Å². The van der Waals surface area contributed by atoms with E-state index in [0.717, 1.165) is 16.3 Å². The molecule has 0 aliphatic carbocycles. The highest BCUT2D eigenvalue weighted by atomic mass is 32.2. The number of nitrogens with one attached hydrogen (secondary N) is 1. The van der Waals surface area contributed by atoms with Crippen LogP contribution >= 0.6 is 11.8 Å². The Kier molecular flexibility index (Phi) is 4.32. The van der Waals surface area contributed by atoms with E-state index in [4.69, 9.17) is 5.73 Å². The quantitative estimate of drug-likeness (QED) is 0.585. The Hall–Kier alpha value is -1.16. The zero-order valence-electron chi connectivity index (χ0n) is 8.12. The summed E-state index contributed by atoms with van der Waals surface area (Å²) in [6.07, 6.45) is 0.547. The normalized spacial score (nSPS) is 9.79. The molecule has 0 aromatic heterocycles. The average Bonchev–Trinajstić information content (AvgIpc) is 2.21. The maximum absolute atomic E-state index is 10.9. The van der Waals surface area contributed by atoms with Gasteiger partial charge in [0, 0.05) is 29.8 Å². The van der Waals surface area contributed by atoms with Crippen molar-refractivity contribution in [3.63, 3.8) is 0 Å². The number of carbonyl (C=O) groups is 1. The Morgan fingerprint density at radius 3 is 2.64 bits per heavy atom. The Morgan fingerprint density at radius 1 is 1.43 bits per heavy atom. The summed E-state index contributed by atoms with van der Waals surface area (Å²) in [6, 6.07) is 7.65. The number of thioether (sulfide) groups is 1. The van der Waals surface area contributed by atoms with Crippen LogP contribution in [-0.4, -0.2) is 18.7 Å². The third-order valence-electron chi connectivity index (χ3n) is 1.76. The molecule has 14 heavy (non-hydrogen) atoms. The second kappa shape index (κ2) is 5.54. The van der Waals surface area contributed by atoms with E-state index in [1.807, 2.05) is 24.3 Å². The van der Waals surface area contributed by atoms with E-state index in [9.17, 15) is 4.79 Å². The van der Waals surface area contributed by atoms with Crippen molar-refractivity contribution in [1.29, 1.82) is 0 Å². The van der Waals surface area contributed by atoms with Gasteiger partial charge in [0.2, 0.25) is 5.91 Å². The summed E-state index contributed by atoms with van der Waals surface area (Å²) in [5.41, 5.74) is 6.32. The van der Waals surface area contributed by atoms with E-state index in [1.54, 1.807) is 18.8 Å². The van der Waals surface area contributed by atoms with Crippen LogP contribution in [0.3, 0.4) is 0 Å². The molecule has 3 N–H and O–H groups in total. The van der Waals surface area contributed by atoms with Gasteiger partial charge in [-0.15, -0.1) is 11.8 Å². The zero-order valence-corrected chi connectivity index (χ0v) is 8.93. The van der Waals surface area contributed by atoms with E-state index < -0.39 is 0 Å².